The average Bonchev–Trinajstić information content (AvgIpc) is 2.79. The van der Waals surface area contributed by atoms with Crippen LogP contribution in [0.1, 0.15) is 12.5 Å². The van der Waals surface area contributed by atoms with Gasteiger partial charge in [-0.2, -0.15) is 0 Å². The molecular weight excluding hydrogens is 276 g/mol. The summed E-state index contributed by atoms with van der Waals surface area (Å²) in [6, 6.07) is 9.87. The second-order valence-corrected chi connectivity index (χ2v) is 4.95. The number of nitrogen functional groups attached to an aromatic ring is 1. The Morgan fingerprint density at radius 1 is 1.35 bits per heavy atom. The van der Waals surface area contributed by atoms with Crippen LogP contribution in [-0.4, -0.2) is 33.1 Å². The van der Waals surface area contributed by atoms with Crippen molar-refractivity contribution in [2.45, 2.75) is 18.6 Å². The standard InChI is InChI=1S/C13H16N4O2S/c1-2-19-11(18)9-20-13-16-15-12(14)17(13)8-10-6-4-3-5-7-10/h3-7H,2,8-9H2,1H3,(H2,14,15). The number of aromatic nitrogens is 3. The lowest BCUT2D eigenvalue weighted by Crippen LogP contribution is -2.09. The number of nitrogens with zero attached hydrogens (tertiary/aromatic N) is 3. The van der Waals surface area contributed by atoms with E-state index in [4.69, 9.17) is 10.5 Å². The van der Waals surface area contributed by atoms with Crippen molar-refractivity contribution in [3.63, 3.8) is 0 Å². The molecule has 0 bridgehead atoms. The molecule has 7 heteroatoms. The van der Waals surface area contributed by atoms with Crippen molar-refractivity contribution in [1.82, 2.24) is 14.8 Å². The van der Waals surface area contributed by atoms with Crippen molar-refractivity contribution in [1.29, 1.82) is 0 Å². The molecule has 0 atom stereocenters. The zero-order valence-electron chi connectivity index (χ0n) is 11.2. The fraction of sp³-hybridized carbons (Fsp3) is 0.308. The number of carbonyl (C=O) groups excluding carboxylic acids is 1. The fourth-order valence-corrected chi connectivity index (χ4v) is 2.39. The molecule has 0 aliphatic rings. The Hall–Kier alpha value is -2.02. The molecule has 0 fully saturated rings. The number of anilines is 1. The molecule has 0 aliphatic heterocycles. The molecule has 106 valence electrons. The van der Waals surface area contributed by atoms with Crippen molar-refractivity contribution in [3.05, 3.63) is 35.9 Å². The zero-order valence-corrected chi connectivity index (χ0v) is 12.0. The highest BCUT2D eigenvalue weighted by Crippen LogP contribution is 2.19. The minimum atomic E-state index is -0.273. The van der Waals surface area contributed by atoms with Crippen molar-refractivity contribution in [2.24, 2.45) is 0 Å². The number of thioether (sulfide) groups is 1. The normalized spacial score (nSPS) is 10.4. The van der Waals surface area contributed by atoms with Crippen LogP contribution in [0.25, 0.3) is 0 Å². The minimum absolute atomic E-state index is 0.195. The molecule has 1 aromatic carbocycles. The van der Waals surface area contributed by atoms with Gasteiger partial charge in [-0.1, -0.05) is 42.1 Å². The van der Waals surface area contributed by atoms with Crippen LogP contribution in [0.2, 0.25) is 0 Å². The highest BCUT2D eigenvalue weighted by molar-refractivity contribution is 7.99. The van der Waals surface area contributed by atoms with E-state index in [9.17, 15) is 4.79 Å². The van der Waals surface area contributed by atoms with E-state index in [1.54, 1.807) is 11.5 Å². The summed E-state index contributed by atoms with van der Waals surface area (Å²) >= 11 is 1.27. The first-order chi connectivity index (χ1) is 9.70. The average molecular weight is 292 g/mol. The summed E-state index contributed by atoms with van der Waals surface area (Å²) < 4.78 is 6.66. The minimum Gasteiger partial charge on any atom is -0.465 e. The zero-order chi connectivity index (χ0) is 14.4. The molecule has 6 nitrogen and oxygen atoms in total. The van der Waals surface area contributed by atoms with Crippen LogP contribution < -0.4 is 5.73 Å². The first kappa shape index (κ1) is 14.4. The number of ether oxygens (including phenoxy) is 1. The van der Waals surface area contributed by atoms with Crippen molar-refractivity contribution >= 4 is 23.7 Å². The quantitative estimate of drug-likeness (QED) is 0.642. The Balaban J connectivity index is 2.06. The Morgan fingerprint density at radius 3 is 2.80 bits per heavy atom. The van der Waals surface area contributed by atoms with Gasteiger partial charge in [0.15, 0.2) is 5.16 Å². The van der Waals surface area contributed by atoms with E-state index >= 15 is 0 Å². The number of carbonyl (C=O) groups is 1. The number of hydrogen-bond acceptors (Lipinski definition) is 6. The molecule has 1 aromatic heterocycles. The first-order valence-electron chi connectivity index (χ1n) is 6.21. The van der Waals surface area contributed by atoms with Crippen molar-refractivity contribution < 1.29 is 9.53 Å². The number of benzene rings is 1. The molecule has 2 aromatic rings. The predicted octanol–water partition coefficient (Wildman–Crippen LogP) is 1.56. The summed E-state index contributed by atoms with van der Waals surface area (Å²) in [6.45, 7) is 2.72. The van der Waals surface area contributed by atoms with Gasteiger partial charge in [0.05, 0.1) is 18.9 Å². The molecule has 1 heterocycles. The van der Waals surface area contributed by atoms with Gasteiger partial charge < -0.3 is 10.5 Å². The van der Waals surface area contributed by atoms with E-state index < -0.39 is 0 Å². The maximum atomic E-state index is 11.4. The van der Waals surface area contributed by atoms with E-state index in [0.717, 1.165) is 5.56 Å². The lowest BCUT2D eigenvalue weighted by molar-refractivity contribution is -0.139. The molecule has 2 N–H and O–H groups in total. The second kappa shape index (κ2) is 6.95. The van der Waals surface area contributed by atoms with Crippen LogP contribution >= 0.6 is 11.8 Å². The van der Waals surface area contributed by atoms with Crippen LogP contribution in [0.15, 0.2) is 35.5 Å². The van der Waals surface area contributed by atoms with E-state index in [1.165, 1.54) is 11.8 Å². The van der Waals surface area contributed by atoms with Gasteiger partial charge in [-0.15, -0.1) is 10.2 Å². The van der Waals surface area contributed by atoms with Gasteiger partial charge in [0, 0.05) is 0 Å². The van der Waals surface area contributed by atoms with E-state index in [-0.39, 0.29) is 11.7 Å². The van der Waals surface area contributed by atoms with Crippen LogP contribution in [-0.2, 0) is 16.1 Å². The summed E-state index contributed by atoms with van der Waals surface area (Å²) in [5.41, 5.74) is 6.91. The van der Waals surface area contributed by atoms with E-state index in [0.29, 0.717) is 24.3 Å². The molecule has 0 radical (unpaired) electrons. The third-order valence-corrected chi connectivity index (χ3v) is 3.49. The summed E-state index contributed by atoms with van der Waals surface area (Å²) in [7, 11) is 0. The molecule has 2 rings (SSSR count). The Labute approximate surface area is 121 Å². The number of nitrogens with two attached hydrogens (primary N) is 1. The molecule has 0 saturated carbocycles. The lowest BCUT2D eigenvalue weighted by atomic mass is 10.2. The molecule has 20 heavy (non-hydrogen) atoms. The summed E-state index contributed by atoms with van der Waals surface area (Å²) in [4.78, 5) is 11.4. The smallest absolute Gasteiger partial charge is 0.316 e. The fourth-order valence-electron chi connectivity index (χ4n) is 1.65. The Bertz CT molecular complexity index is 571. The topological polar surface area (TPSA) is 83.0 Å². The number of esters is 1. The largest absolute Gasteiger partial charge is 0.465 e. The van der Waals surface area contributed by atoms with Crippen LogP contribution in [0.3, 0.4) is 0 Å². The summed E-state index contributed by atoms with van der Waals surface area (Å²) in [5.74, 6) is 0.256. The molecular formula is C13H16N4O2S. The van der Waals surface area contributed by atoms with Gasteiger partial charge in [0.2, 0.25) is 5.95 Å². The predicted molar refractivity (Wildman–Crippen MR) is 77.3 cm³/mol. The Kier molecular flexibility index (Phi) is 5.00. The summed E-state index contributed by atoms with van der Waals surface area (Å²) in [6.07, 6.45) is 0. The molecule has 0 spiro atoms. The van der Waals surface area contributed by atoms with E-state index in [1.807, 2.05) is 30.3 Å². The monoisotopic (exact) mass is 292 g/mol. The van der Waals surface area contributed by atoms with Gasteiger partial charge in [-0.05, 0) is 12.5 Å². The van der Waals surface area contributed by atoms with Crippen LogP contribution in [0.5, 0.6) is 0 Å². The second-order valence-electron chi connectivity index (χ2n) is 4.01. The maximum Gasteiger partial charge on any atom is 0.316 e. The number of rotatable bonds is 6. The third-order valence-electron chi connectivity index (χ3n) is 2.55. The maximum absolute atomic E-state index is 11.4. The third kappa shape index (κ3) is 3.74. The number of hydrogen-bond donors (Lipinski definition) is 1. The van der Waals surface area contributed by atoms with Crippen LogP contribution in [0, 0.1) is 0 Å². The highest BCUT2D eigenvalue weighted by Gasteiger charge is 2.13. The van der Waals surface area contributed by atoms with Gasteiger partial charge in [-0.25, -0.2) is 0 Å². The van der Waals surface area contributed by atoms with Gasteiger partial charge in [0.1, 0.15) is 0 Å². The van der Waals surface area contributed by atoms with Crippen LogP contribution in [0.4, 0.5) is 5.95 Å². The summed E-state index contributed by atoms with van der Waals surface area (Å²) in [5, 5.41) is 8.45. The SMILES string of the molecule is CCOC(=O)CSc1nnc(N)n1Cc1ccccc1. The van der Waals surface area contributed by atoms with E-state index in [2.05, 4.69) is 10.2 Å². The lowest BCUT2D eigenvalue weighted by Gasteiger charge is -2.07. The molecule has 0 aliphatic carbocycles. The Morgan fingerprint density at radius 2 is 2.10 bits per heavy atom. The molecule has 0 unspecified atom stereocenters. The van der Waals surface area contributed by atoms with Crippen molar-refractivity contribution in [3.8, 4) is 0 Å². The first-order valence-corrected chi connectivity index (χ1v) is 7.20. The highest BCUT2D eigenvalue weighted by atomic mass is 32.2. The molecule has 0 saturated heterocycles. The van der Waals surface area contributed by atoms with Crippen molar-refractivity contribution in [2.75, 3.05) is 18.1 Å². The van der Waals surface area contributed by atoms with Gasteiger partial charge in [0.25, 0.3) is 0 Å². The molecule has 0 amide bonds. The van der Waals surface area contributed by atoms with Gasteiger partial charge in [-0.3, -0.25) is 9.36 Å². The van der Waals surface area contributed by atoms with Gasteiger partial charge >= 0.3 is 5.97 Å².